The van der Waals surface area contributed by atoms with Gasteiger partial charge in [0.25, 0.3) is 5.69 Å². The molecule has 8 nitrogen and oxygen atoms in total. The molecule has 0 radical (unpaired) electrons. The number of para-hydroxylation sites is 1. The number of furan rings is 1. The zero-order valence-electron chi connectivity index (χ0n) is 17.6. The van der Waals surface area contributed by atoms with E-state index < -0.39 is 22.3 Å². The largest absolute Gasteiger partial charge is 0.461 e. The van der Waals surface area contributed by atoms with Crippen molar-refractivity contribution in [2.24, 2.45) is 5.92 Å². The van der Waals surface area contributed by atoms with E-state index in [4.69, 9.17) is 4.42 Å². The maximum Gasteiger partial charge on any atom is 0.269 e. The lowest BCUT2D eigenvalue weighted by atomic mass is 9.69. The van der Waals surface area contributed by atoms with Crippen molar-refractivity contribution >= 4 is 23.1 Å². The topological polar surface area (TPSA) is 106 Å². The van der Waals surface area contributed by atoms with E-state index >= 15 is 0 Å². The summed E-state index contributed by atoms with van der Waals surface area (Å²) in [6, 6.07) is 17.1. The van der Waals surface area contributed by atoms with Crippen molar-refractivity contribution in [2.45, 2.75) is 30.3 Å². The lowest BCUT2D eigenvalue weighted by Crippen LogP contribution is -2.52. The zero-order valence-corrected chi connectivity index (χ0v) is 17.6. The van der Waals surface area contributed by atoms with Gasteiger partial charge < -0.3 is 9.73 Å². The predicted molar refractivity (Wildman–Crippen MR) is 119 cm³/mol. The number of nitrogens with zero attached hydrogens (tertiary/aromatic N) is 2. The van der Waals surface area contributed by atoms with Crippen molar-refractivity contribution in [3.05, 3.63) is 93.9 Å². The Labute approximate surface area is 189 Å². The van der Waals surface area contributed by atoms with Gasteiger partial charge in [0, 0.05) is 35.3 Å². The maximum atomic E-state index is 14.0. The Morgan fingerprint density at radius 2 is 2.00 bits per heavy atom. The minimum atomic E-state index is -1.20. The second-order valence-electron chi connectivity index (χ2n) is 8.87. The van der Waals surface area contributed by atoms with Crippen LogP contribution < -0.4 is 5.32 Å². The van der Waals surface area contributed by atoms with Gasteiger partial charge in [-0.05, 0) is 43.1 Å². The number of Topliss-reactive ketones (excluding diaryl/α,β-unsaturated/α-hetero) is 1. The molecule has 2 aromatic carbocycles. The number of benzene rings is 2. The third-order valence-corrected chi connectivity index (χ3v) is 7.42. The third-order valence-electron chi connectivity index (χ3n) is 7.42. The van der Waals surface area contributed by atoms with E-state index in [-0.39, 0.29) is 29.2 Å². The first-order valence-electron chi connectivity index (χ1n) is 11.0. The number of nitro benzene ring substituents is 1. The van der Waals surface area contributed by atoms with Crippen LogP contribution in [0.25, 0.3) is 0 Å². The van der Waals surface area contributed by atoms with E-state index in [1.807, 2.05) is 30.3 Å². The van der Waals surface area contributed by atoms with Crippen LogP contribution in [0.1, 0.15) is 40.4 Å². The second-order valence-corrected chi connectivity index (χ2v) is 8.87. The average molecular weight is 443 g/mol. The first kappa shape index (κ1) is 19.9. The molecule has 1 spiro atoms. The number of hydrogen-bond acceptors (Lipinski definition) is 6. The fourth-order valence-electron chi connectivity index (χ4n) is 6.31. The van der Waals surface area contributed by atoms with E-state index in [9.17, 15) is 19.7 Å². The summed E-state index contributed by atoms with van der Waals surface area (Å²) in [7, 11) is 0. The summed E-state index contributed by atoms with van der Waals surface area (Å²) < 4.78 is 5.49. The highest BCUT2D eigenvalue weighted by atomic mass is 16.6. The SMILES string of the molecule is O=C(c1ccco1)C1[C@@H](c2cccc([N+](=O)[O-])c2)C2CCCN2[C@@]12C(=O)Nc1ccccc12. The van der Waals surface area contributed by atoms with E-state index in [0.717, 1.165) is 18.4 Å². The molecule has 2 fully saturated rings. The van der Waals surface area contributed by atoms with Crippen molar-refractivity contribution in [3.63, 3.8) is 0 Å². The smallest absolute Gasteiger partial charge is 0.269 e. The van der Waals surface area contributed by atoms with Gasteiger partial charge in [0.05, 0.1) is 17.1 Å². The van der Waals surface area contributed by atoms with Gasteiger partial charge in [-0.1, -0.05) is 30.3 Å². The highest BCUT2D eigenvalue weighted by Gasteiger charge is 2.69. The summed E-state index contributed by atoms with van der Waals surface area (Å²) in [6.07, 6.45) is 3.13. The van der Waals surface area contributed by atoms with Gasteiger partial charge in [-0.25, -0.2) is 0 Å². The Kier molecular flexibility index (Phi) is 4.28. The number of ketones is 1. The van der Waals surface area contributed by atoms with Gasteiger partial charge in [-0.2, -0.15) is 0 Å². The quantitative estimate of drug-likeness (QED) is 0.370. The Hall–Kier alpha value is -3.78. The minimum Gasteiger partial charge on any atom is -0.461 e. The van der Waals surface area contributed by atoms with Crippen LogP contribution in [0.2, 0.25) is 0 Å². The molecule has 1 amide bonds. The zero-order chi connectivity index (χ0) is 22.7. The molecule has 3 aliphatic rings. The molecule has 2 unspecified atom stereocenters. The predicted octanol–water partition coefficient (Wildman–Crippen LogP) is 4.10. The molecule has 6 rings (SSSR count). The molecule has 3 aliphatic heterocycles. The minimum absolute atomic E-state index is 0.0292. The van der Waals surface area contributed by atoms with Gasteiger partial charge in [-0.3, -0.25) is 24.6 Å². The maximum absolute atomic E-state index is 14.0. The molecular weight excluding hydrogens is 422 g/mol. The van der Waals surface area contributed by atoms with Gasteiger partial charge in [-0.15, -0.1) is 0 Å². The molecular formula is C25H21N3O5. The van der Waals surface area contributed by atoms with Gasteiger partial charge in [0.2, 0.25) is 11.7 Å². The summed E-state index contributed by atoms with van der Waals surface area (Å²) in [5, 5.41) is 14.5. The molecule has 1 N–H and O–H groups in total. The summed E-state index contributed by atoms with van der Waals surface area (Å²) in [5.41, 5.74) is 0.944. The number of nitro groups is 1. The number of carbonyl (C=O) groups is 2. The van der Waals surface area contributed by atoms with Crippen LogP contribution in [0.4, 0.5) is 11.4 Å². The van der Waals surface area contributed by atoms with Crippen LogP contribution in [-0.4, -0.2) is 34.1 Å². The lowest BCUT2D eigenvalue weighted by Gasteiger charge is -2.36. The standard InChI is InChI=1S/C25H21N3O5/c29-23(20-11-5-13-33-20)22-21(15-6-3-7-16(14-15)28(31)32)19-10-4-12-27(19)25(22)17-8-1-2-9-18(17)26-24(25)30/h1-3,5-9,11,13-14,19,21-22H,4,10,12H2,(H,26,30)/t19?,21-,22?,25+/m0/s1. The Morgan fingerprint density at radius 1 is 1.15 bits per heavy atom. The van der Waals surface area contributed by atoms with Crippen LogP contribution in [-0.2, 0) is 10.3 Å². The molecule has 4 heterocycles. The second kappa shape index (κ2) is 7.11. The number of anilines is 1. The summed E-state index contributed by atoms with van der Waals surface area (Å²) in [5.74, 6) is -1.50. The van der Waals surface area contributed by atoms with Gasteiger partial charge in [0.1, 0.15) is 5.54 Å². The summed E-state index contributed by atoms with van der Waals surface area (Å²) >= 11 is 0. The van der Waals surface area contributed by atoms with E-state index in [2.05, 4.69) is 10.2 Å². The van der Waals surface area contributed by atoms with Crippen LogP contribution in [0.15, 0.2) is 71.3 Å². The fraction of sp³-hybridized carbons (Fsp3) is 0.280. The Morgan fingerprint density at radius 3 is 2.79 bits per heavy atom. The normalized spacial score (nSPS) is 28.0. The van der Waals surface area contributed by atoms with Crippen molar-refractivity contribution in [3.8, 4) is 0 Å². The van der Waals surface area contributed by atoms with Gasteiger partial charge >= 0.3 is 0 Å². The number of non-ortho nitro benzene ring substituents is 1. The lowest BCUT2D eigenvalue weighted by molar-refractivity contribution is -0.384. The number of nitrogens with one attached hydrogen (secondary N) is 1. The van der Waals surface area contributed by atoms with Crippen molar-refractivity contribution in [1.82, 2.24) is 4.90 Å². The average Bonchev–Trinajstić information content (AvgIpc) is 3.59. The first-order chi connectivity index (χ1) is 16.0. The van der Waals surface area contributed by atoms with Crippen LogP contribution in [0.5, 0.6) is 0 Å². The van der Waals surface area contributed by atoms with E-state index in [1.54, 1.807) is 24.3 Å². The summed E-state index contributed by atoms with van der Waals surface area (Å²) in [6.45, 7) is 0.666. The monoisotopic (exact) mass is 443 g/mol. The molecule has 8 heteroatoms. The Balaban J connectivity index is 1.62. The molecule has 2 saturated heterocycles. The molecule has 0 bridgehead atoms. The molecule has 3 aromatic rings. The number of hydrogen-bond donors (Lipinski definition) is 1. The van der Waals surface area contributed by atoms with Crippen LogP contribution >= 0.6 is 0 Å². The molecule has 33 heavy (non-hydrogen) atoms. The van der Waals surface area contributed by atoms with Crippen molar-refractivity contribution < 1.29 is 18.9 Å². The third kappa shape index (κ3) is 2.61. The van der Waals surface area contributed by atoms with E-state index in [1.165, 1.54) is 12.3 Å². The van der Waals surface area contributed by atoms with E-state index in [0.29, 0.717) is 17.8 Å². The number of fused-ring (bicyclic) bond motifs is 4. The molecule has 1 aromatic heterocycles. The highest BCUT2D eigenvalue weighted by molar-refractivity contribution is 6.11. The van der Waals surface area contributed by atoms with Gasteiger partial charge in [0.15, 0.2) is 5.76 Å². The van der Waals surface area contributed by atoms with Crippen molar-refractivity contribution in [1.29, 1.82) is 0 Å². The molecule has 4 atom stereocenters. The molecule has 0 saturated carbocycles. The molecule has 166 valence electrons. The molecule has 0 aliphatic carbocycles. The fourth-order valence-corrected chi connectivity index (χ4v) is 6.31. The van der Waals surface area contributed by atoms with Crippen LogP contribution in [0, 0.1) is 16.0 Å². The van der Waals surface area contributed by atoms with Crippen molar-refractivity contribution in [2.75, 3.05) is 11.9 Å². The first-order valence-corrected chi connectivity index (χ1v) is 11.0. The number of amides is 1. The number of rotatable bonds is 4. The Bertz CT molecular complexity index is 1290. The van der Waals surface area contributed by atoms with Crippen LogP contribution in [0.3, 0.4) is 0 Å². The highest BCUT2D eigenvalue weighted by Crippen LogP contribution is 2.61. The summed E-state index contributed by atoms with van der Waals surface area (Å²) in [4.78, 5) is 41.1. The number of carbonyl (C=O) groups excluding carboxylic acids is 2.